The van der Waals surface area contributed by atoms with Crippen LogP contribution in [0.4, 0.5) is 4.39 Å². The fraction of sp³-hybridized carbons (Fsp3) is 0.462. The molecule has 4 N–H and O–H groups in total. The number of carbonyl (C=O) groups is 2. The number of rotatable bonds is 7. The highest BCUT2D eigenvalue weighted by Gasteiger charge is 2.33. The van der Waals surface area contributed by atoms with Gasteiger partial charge >= 0.3 is 0 Å². The fourth-order valence-corrected chi connectivity index (χ4v) is 4.92. The van der Waals surface area contributed by atoms with E-state index < -0.39 is 6.61 Å². The highest BCUT2D eigenvalue weighted by atomic mass is 19.1. The van der Waals surface area contributed by atoms with Gasteiger partial charge in [-0.05, 0) is 56.7 Å². The number of carbonyl (C=O) groups excluding carboxylic acids is 2. The van der Waals surface area contributed by atoms with Gasteiger partial charge in [-0.25, -0.2) is 4.39 Å². The van der Waals surface area contributed by atoms with Gasteiger partial charge in [-0.15, -0.1) is 0 Å². The Morgan fingerprint density at radius 3 is 2.66 bits per heavy atom. The van der Waals surface area contributed by atoms with E-state index in [9.17, 15) is 14.0 Å². The predicted octanol–water partition coefficient (Wildman–Crippen LogP) is 2.47. The summed E-state index contributed by atoms with van der Waals surface area (Å²) < 4.78 is 20.0. The van der Waals surface area contributed by atoms with Crippen LogP contribution in [0.15, 0.2) is 36.2 Å². The number of H-pyrrole nitrogens is 1. The zero-order chi connectivity index (χ0) is 24.5. The van der Waals surface area contributed by atoms with Crippen molar-refractivity contribution in [2.24, 2.45) is 5.92 Å². The molecule has 9 heteroatoms. The van der Waals surface area contributed by atoms with Crippen molar-refractivity contribution >= 4 is 17.4 Å². The standard InChI is InChI=1S/C26H31FN4O4/c1-15-23(26(34)30-18-7-10-31(11-8-18)22(33)13-32)25-20(6-9-28-25)24(29-15)19-5-4-17(27)12-21(19)35-14-16-2-3-16/h4-6,9,12,16,18,24,28-29,32H,2-3,7-8,10-11,13-14H2,1H3,(H,30,34). The third-order valence-electron chi connectivity index (χ3n) is 7.08. The average Bonchev–Trinajstić information content (AvgIpc) is 3.56. The molecular weight excluding hydrogens is 451 g/mol. The van der Waals surface area contributed by atoms with Crippen molar-refractivity contribution in [3.05, 3.63) is 58.8 Å². The van der Waals surface area contributed by atoms with Crippen molar-refractivity contribution < 1.29 is 23.8 Å². The number of nitrogens with one attached hydrogen (secondary N) is 3. The van der Waals surface area contributed by atoms with Crippen molar-refractivity contribution in [2.75, 3.05) is 26.3 Å². The molecule has 186 valence electrons. The van der Waals surface area contributed by atoms with E-state index in [-0.39, 0.29) is 29.7 Å². The minimum atomic E-state index is -0.493. The van der Waals surface area contributed by atoms with E-state index in [2.05, 4.69) is 15.6 Å². The summed E-state index contributed by atoms with van der Waals surface area (Å²) in [6, 6.07) is 6.20. The second-order valence-corrected chi connectivity index (χ2v) is 9.61. The summed E-state index contributed by atoms with van der Waals surface area (Å²) in [7, 11) is 0. The van der Waals surface area contributed by atoms with Gasteiger partial charge in [0.05, 0.1) is 23.9 Å². The maximum atomic E-state index is 14.0. The first-order valence-electron chi connectivity index (χ1n) is 12.2. The predicted molar refractivity (Wildman–Crippen MR) is 128 cm³/mol. The van der Waals surface area contributed by atoms with Gasteiger partial charge in [0.1, 0.15) is 18.2 Å². The molecule has 0 radical (unpaired) electrons. The van der Waals surface area contributed by atoms with Crippen LogP contribution < -0.4 is 15.4 Å². The normalized spacial score (nSPS) is 20.3. The van der Waals surface area contributed by atoms with E-state index in [0.717, 1.165) is 29.7 Å². The summed E-state index contributed by atoms with van der Waals surface area (Å²) in [5.74, 6) is 0.246. The molecule has 2 fully saturated rings. The molecule has 1 aromatic heterocycles. The van der Waals surface area contributed by atoms with Crippen molar-refractivity contribution in [1.82, 2.24) is 20.5 Å². The number of allylic oxidation sites excluding steroid dienone is 1. The Bertz CT molecular complexity index is 1150. The van der Waals surface area contributed by atoms with Crippen molar-refractivity contribution in [3.8, 4) is 5.75 Å². The van der Waals surface area contributed by atoms with Gasteiger partial charge < -0.3 is 30.4 Å². The van der Waals surface area contributed by atoms with Gasteiger partial charge in [-0.3, -0.25) is 9.59 Å². The van der Waals surface area contributed by atoms with Crippen LogP contribution in [0.5, 0.6) is 5.75 Å². The lowest BCUT2D eigenvalue weighted by atomic mass is 9.90. The number of aliphatic hydroxyl groups excluding tert-OH is 1. The second kappa shape index (κ2) is 9.73. The molecule has 3 heterocycles. The van der Waals surface area contributed by atoms with E-state index in [1.54, 1.807) is 17.2 Å². The van der Waals surface area contributed by atoms with Crippen LogP contribution in [-0.4, -0.2) is 59.1 Å². The lowest BCUT2D eigenvalue weighted by Gasteiger charge is -2.33. The summed E-state index contributed by atoms with van der Waals surface area (Å²) >= 11 is 0. The molecule has 2 amide bonds. The number of fused-ring (bicyclic) bond motifs is 1. The molecule has 3 aliphatic rings. The third kappa shape index (κ3) is 4.91. The first-order valence-corrected chi connectivity index (χ1v) is 12.2. The molecule has 35 heavy (non-hydrogen) atoms. The van der Waals surface area contributed by atoms with Gasteiger partial charge in [-0.1, -0.05) is 0 Å². The number of hydrogen-bond donors (Lipinski definition) is 4. The molecule has 2 aliphatic heterocycles. The van der Waals surface area contributed by atoms with Gasteiger partial charge in [-0.2, -0.15) is 0 Å². The Balaban J connectivity index is 1.34. The van der Waals surface area contributed by atoms with E-state index in [1.807, 2.05) is 13.0 Å². The van der Waals surface area contributed by atoms with Crippen LogP contribution >= 0.6 is 0 Å². The number of nitrogens with zero attached hydrogens (tertiary/aromatic N) is 1. The van der Waals surface area contributed by atoms with Gasteiger partial charge in [0.2, 0.25) is 5.91 Å². The first-order chi connectivity index (χ1) is 16.9. The van der Waals surface area contributed by atoms with Crippen molar-refractivity contribution in [1.29, 1.82) is 0 Å². The molecular formula is C26H31FN4O4. The van der Waals surface area contributed by atoms with E-state index >= 15 is 0 Å². The largest absolute Gasteiger partial charge is 0.493 e. The SMILES string of the molecule is CC1=C(C(=O)NC2CCN(C(=O)CO)CC2)c2[nH]ccc2C(c2ccc(F)cc2OCC2CC2)N1. The summed E-state index contributed by atoms with van der Waals surface area (Å²) in [5.41, 5.74) is 3.71. The molecule has 0 spiro atoms. The quantitative estimate of drug-likeness (QED) is 0.485. The van der Waals surface area contributed by atoms with Crippen LogP contribution in [0.1, 0.15) is 55.5 Å². The maximum absolute atomic E-state index is 14.0. The molecule has 1 aromatic carbocycles. The monoisotopic (exact) mass is 482 g/mol. The number of ether oxygens (including phenoxy) is 1. The van der Waals surface area contributed by atoms with Crippen LogP contribution in [-0.2, 0) is 9.59 Å². The van der Waals surface area contributed by atoms with E-state index in [0.29, 0.717) is 55.5 Å². The minimum Gasteiger partial charge on any atom is -0.493 e. The molecule has 5 rings (SSSR count). The number of likely N-dealkylation sites (tertiary alicyclic amines) is 1. The Labute approximate surface area is 203 Å². The summed E-state index contributed by atoms with van der Waals surface area (Å²) in [6.07, 6.45) is 5.36. The van der Waals surface area contributed by atoms with Crippen LogP contribution in [0.25, 0.3) is 5.57 Å². The molecule has 2 aromatic rings. The van der Waals surface area contributed by atoms with Crippen LogP contribution in [0, 0.1) is 11.7 Å². The Morgan fingerprint density at radius 2 is 1.94 bits per heavy atom. The van der Waals surface area contributed by atoms with Crippen LogP contribution in [0.2, 0.25) is 0 Å². The van der Waals surface area contributed by atoms with Gasteiger partial charge in [0.25, 0.3) is 5.91 Å². The zero-order valence-corrected chi connectivity index (χ0v) is 19.8. The summed E-state index contributed by atoms with van der Waals surface area (Å²) in [6.45, 7) is 2.96. The highest BCUT2D eigenvalue weighted by Crippen LogP contribution is 2.40. The number of piperidine rings is 1. The summed E-state index contributed by atoms with van der Waals surface area (Å²) in [4.78, 5) is 29.9. The Kier molecular flexibility index (Phi) is 6.51. The molecule has 1 saturated heterocycles. The number of amides is 2. The number of aliphatic hydroxyl groups is 1. The van der Waals surface area contributed by atoms with Crippen molar-refractivity contribution in [3.63, 3.8) is 0 Å². The Morgan fingerprint density at radius 1 is 1.17 bits per heavy atom. The maximum Gasteiger partial charge on any atom is 0.255 e. The van der Waals surface area contributed by atoms with Crippen LogP contribution in [0.3, 0.4) is 0 Å². The number of benzene rings is 1. The van der Waals surface area contributed by atoms with Gasteiger partial charge in [0, 0.05) is 48.2 Å². The van der Waals surface area contributed by atoms with Crippen molar-refractivity contribution in [2.45, 2.75) is 44.7 Å². The number of aromatic nitrogens is 1. The Hall–Kier alpha value is -3.33. The average molecular weight is 483 g/mol. The summed E-state index contributed by atoms with van der Waals surface area (Å²) in [5, 5.41) is 15.6. The third-order valence-corrected chi connectivity index (χ3v) is 7.08. The molecule has 1 saturated carbocycles. The van der Waals surface area contributed by atoms with Gasteiger partial charge in [0.15, 0.2) is 0 Å². The minimum absolute atomic E-state index is 0.0544. The first kappa shape index (κ1) is 23.4. The topological polar surface area (TPSA) is 107 Å². The lowest BCUT2D eigenvalue weighted by molar-refractivity contribution is -0.135. The molecule has 1 unspecified atom stereocenters. The molecule has 1 atom stereocenters. The highest BCUT2D eigenvalue weighted by molar-refractivity contribution is 6.20. The number of hydrogen-bond acceptors (Lipinski definition) is 5. The molecule has 8 nitrogen and oxygen atoms in total. The smallest absolute Gasteiger partial charge is 0.255 e. The number of aromatic amines is 1. The molecule has 0 bridgehead atoms. The van der Waals surface area contributed by atoms with E-state index in [1.165, 1.54) is 12.1 Å². The lowest BCUT2D eigenvalue weighted by Crippen LogP contribution is -2.47. The second-order valence-electron chi connectivity index (χ2n) is 9.61. The fourth-order valence-electron chi connectivity index (χ4n) is 4.92. The van der Waals surface area contributed by atoms with E-state index in [4.69, 9.17) is 9.84 Å². The zero-order valence-electron chi connectivity index (χ0n) is 19.8. The molecule has 1 aliphatic carbocycles. The number of halogens is 1.